The van der Waals surface area contributed by atoms with E-state index in [9.17, 15) is 14.0 Å². The van der Waals surface area contributed by atoms with Crippen molar-refractivity contribution in [3.63, 3.8) is 0 Å². The second-order valence-corrected chi connectivity index (χ2v) is 8.40. The number of halogens is 1. The van der Waals surface area contributed by atoms with Crippen molar-refractivity contribution in [2.24, 2.45) is 17.8 Å². The predicted octanol–water partition coefficient (Wildman–Crippen LogP) is 2.24. The average molecular weight is 390 g/mol. The lowest BCUT2D eigenvalue weighted by atomic mass is 10.1. The number of pyridine rings is 1. The first-order valence-electron chi connectivity index (χ1n) is 9.43. The third kappa shape index (κ3) is 4.99. The number of hydrogen-bond donors (Lipinski definition) is 2. The minimum absolute atomic E-state index is 0.0345. The summed E-state index contributed by atoms with van der Waals surface area (Å²) in [6.45, 7) is 6.47. The number of nitrogens with two attached hydrogens (primary N) is 1. The number of nitrogens with zero attached hydrogens (tertiary/aromatic N) is 2. The number of piperidine rings is 1. The Hall–Kier alpha value is -2.64. The zero-order valence-electron chi connectivity index (χ0n) is 16.4. The molecule has 1 unspecified atom stereocenters. The normalized spacial score (nSPS) is 24.7. The molecule has 28 heavy (non-hydrogen) atoms. The monoisotopic (exact) mass is 390 g/mol. The number of aromatic nitrogens is 1. The summed E-state index contributed by atoms with van der Waals surface area (Å²) in [5, 5.41) is 2.59. The SMILES string of the molecule is CC(C)(C)OC(=O)N1C[C@@H]2[C@H](C1)[C@H]2C(F)CNC(=O)/C=C/c1ccc(N)nc1. The third-order valence-electron chi connectivity index (χ3n) is 5.04. The van der Waals surface area contributed by atoms with Crippen molar-refractivity contribution in [3.8, 4) is 0 Å². The number of nitrogens with one attached hydrogen (secondary N) is 1. The molecule has 1 aliphatic heterocycles. The molecule has 152 valence electrons. The van der Waals surface area contributed by atoms with Gasteiger partial charge in [0.2, 0.25) is 5.91 Å². The zero-order chi connectivity index (χ0) is 20.5. The summed E-state index contributed by atoms with van der Waals surface area (Å²) in [7, 11) is 0. The van der Waals surface area contributed by atoms with Gasteiger partial charge in [-0.2, -0.15) is 0 Å². The number of anilines is 1. The van der Waals surface area contributed by atoms with E-state index in [1.807, 2.05) is 20.8 Å². The van der Waals surface area contributed by atoms with Crippen LogP contribution in [0.3, 0.4) is 0 Å². The minimum atomic E-state index is -1.12. The Balaban J connectivity index is 1.39. The maximum absolute atomic E-state index is 14.5. The summed E-state index contributed by atoms with van der Waals surface area (Å²) in [5.41, 5.74) is 5.70. The van der Waals surface area contributed by atoms with Crippen molar-refractivity contribution in [3.05, 3.63) is 30.0 Å². The van der Waals surface area contributed by atoms with E-state index in [1.165, 1.54) is 6.08 Å². The molecule has 3 N–H and O–H groups in total. The van der Waals surface area contributed by atoms with Gasteiger partial charge in [-0.15, -0.1) is 0 Å². The molecule has 4 atom stereocenters. The van der Waals surface area contributed by atoms with Gasteiger partial charge in [0.05, 0.1) is 0 Å². The highest BCUT2D eigenvalue weighted by Gasteiger charge is 2.60. The van der Waals surface area contributed by atoms with Crippen molar-refractivity contribution in [2.45, 2.75) is 32.5 Å². The first-order chi connectivity index (χ1) is 13.1. The number of alkyl halides is 1. The molecule has 1 aromatic heterocycles. The fourth-order valence-electron chi connectivity index (χ4n) is 3.66. The van der Waals surface area contributed by atoms with Crippen molar-refractivity contribution >= 4 is 23.9 Å². The lowest BCUT2D eigenvalue weighted by molar-refractivity contribution is -0.116. The summed E-state index contributed by atoms with van der Waals surface area (Å²) in [6, 6.07) is 3.38. The van der Waals surface area contributed by atoms with Crippen LogP contribution in [0.1, 0.15) is 26.3 Å². The van der Waals surface area contributed by atoms with Crippen LogP contribution in [-0.4, -0.2) is 53.3 Å². The van der Waals surface area contributed by atoms with Crippen LogP contribution in [0.15, 0.2) is 24.4 Å². The molecule has 1 aliphatic carbocycles. The highest BCUT2D eigenvalue weighted by atomic mass is 19.1. The number of nitrogen functional groups attached to an aromatic ring is 1. The second-order valence-electron chi connectivity index (χ2n) is 8.40. The molecule has 3 rings (SSSR count). The molecule has 2 fully saturated rings. The van der Waals surface area contributed by atoms with E-state index in [0.717, 1.165) is 5.56 Å². The van der Waals surface area contributed by atoms with Gasteiger partial charge in [0.1, 0.15) is 17.6 Å². The quantitative estimate of drug-likeness (QED) is 0.752. The molecule has 0 spiro atoms. The van der Waals surface area contributed by atoms with E-state index in [1.54, 1.807) is 29.3 Å². The topological polar surface area (TPSA) is 97.5 Å². The molecule has 7 nitrogen and oxygen atoms in total. The summed E-state index contributed by atoms with van der Waals surface area (Å²) < 4.78 is 19.8. The number of likely N-dealkylation sites (tertiary alicyclic amines) is 1. The molecule has 0 aromatic carbocycles. The summed E-state index contributed by atoms with van der Waals surface area (Å²) in [4.78, 5) is 29.5. The number of carbonyl (C=O) groups excluding carboxylic acids is 2. The summed E-state index contributed by atoms with van der Waals surface area (Å²) in [5.74, 6) is 0.235. The number of hydrogen-bond acceptors (Lipinski definition) is 5. The number of fused-ring (bicyclic) bond motifs is 1. The van der Waals surface area contributed by atoms with Gasteiger partial charge in [0.25, 0.3) is 0 Å². The van der Waals surface area contributed by atoms with Crippen molar-refractivity contribution < 1.29 is 18.7 Å². The number of amides is 2. The third-order valence-corrected chi connectivity index (χ3v) is 5.04. The Morgan fingerprint density at radius 1 is 1.39 bits per heavy atom. The number of ether oxygens (including phenoxy) is 1. The van der Waals surface area contributed by atoms with Crippen molar-refractivity contribution in [2.75, 3.05) is 25.4 Å². The van der Waals surface area contributed by atoms with E-state index in [4.69, 9.17) is 10.5 Å². The molecule has 1 aromatic rings. The van der Waals surface area contributed by atoms with Gasteiger partial charge in [-0.25, -0.2) is 14.2 Å². The van der Waals surface area contributed by atoms with Crippen LogP contribution in [-0.2, 0) is 9.53 Å². The largest absolute Gasteiger partial charge is 0.444 e. The Bertz CT molecular complexity index is 748. The van der Waals surface area contributed by atoms with Gasteiger partial charge >= 0.3 is 6.09 Å². The van der Waals surface area contributed by atoms with E-state index >= 15 is 0 Å². The molecular weight excluding hydrogens is 363 g/mol. The van der Waals surface area contributed by atoms with Crippen LogP contribution in [0, 0.1) is 17.8 Å². The van der Waals surface area contributed by atoms with Crippen molar-refractivity contribution in [1.82, 2.24) is 15.2 Å². The predicted molar refractivity (Wildman–Crippen MR) is 104 cm³/mol. The Labute approximate surface area is 164 Å². The second kappa shape index (κ2) is 7.77. The Morgan fingerprint density at radius 3 is 2.64 bits per heavy atom. The average Bonchev–Trinajstić information content (AvgIpc) is 3.11. The number of rotatable bonds is 5. The summed E-state index contributed by atoms with van der Waals surface area (Å²) >= 11 is 0. The van der Waals surface area contributed by atoms with Gasteiger partial charge in [-0.3, -0.25) is 4.79 Å². The number of carbonyl (C=O) groups is 2. The van der Waals surface area contributed by atoms with Crippen LogP contribution >= 0.6 is 0 Å². The maximum atomic E-state index is 14.5. The van der Waals surface area contributed by atoms with Crippen LogP contribution < -0.4 is 11.1 Å². The summed E-state index contributed by atoms with van der Waals surface area (Å²) in [6.07, 6.45) is 3.03. The fourth-order valence-corrected chi connectivity index (χ4v) is 3.66. The molecule has 1 saturated heterocycles. The van der Waals surface area contributed by atoms with Crippen molar-refractivity contribution in [1.29, 1.82) is 0 Å². The van der Waals surface area contributed by atoms with Gasteiger partial charge in [-0.05, 0) is 56.4 Å². The van der Waals surface area contributed by atoms with Gasteiger partial charge in [0, 0.05) is 37.8 Å². The van der Waals surface area contributed by atoms with E-state index < -0.39 is 11.8 Å². The van der Waals surface area contributed by atoms with Crippen LogP contribution in [0.2, 0.25) is 0 Å². The first-order valence-corrected chi connectivity index (χ1v) is 9.43. The maximum Gasteiger partial charge on any atom is 0.410 e. The van der Waals surface area contributed by atoms with E-state index in [0.29, 0.717) is 18.9 Å². The minimum Gasteiger partial charge on any atom is -0.444 e. The molecule has 2 amide bonds. The highest BCUT2D eigenvalue weighted by Crippen LogP contribution is 2.54. The molecular formula is C20H27FN4O3. The van der Waals surface area contributed by atoms with Crippen LogP contribution in [0.4, 0.5) is 15.0 Å². The molecule has 2 aliphatic rings. The fraction of sp³-hybridized carbons (Fsp3) is 0.550. The first kappa shape index (κ1) is 20.1. The Morgan fingerprint density at radius 2 is 2.07 bits per heavy atom. The Kier molecular flexibility index (Phi) is 5.58. The molecule has 0 bridgehead atoms. The molecule has 8 heteroatoms. The molecule has 1 saturated carbocycles. The lowest BCUT2D eigenvalue weighted by Gasteiger charge is -2.26. The lowest BCUT2D eigenvalue weighted by Crippen LogP contribution is -2.38. The van der Waals surface area contributed by atoms with Crippen LogP contribution in [0.25, 0.3) is 6.08 Å². The van der Waals surface area contributed by atoms with Gasteiger partial charge in [-0.1, -0.05) is 0 Å². The van der Waals surface area contributed by atoms with E-state index in [2.05, 4.69) is 10.3 Å². The highest BCUT2D eigenvalue weighted by molar-refractivity contribution is 5.91. The molecule has 2 heterocycles. The smallest absolute Gasteiger partial charge is 0.410 e. The zero-order valence-corrected chi connectivity index (χ0v) is 16.4. The molecule has 0 radical (unpaired) electrons. The van der Waals surface area contributed by atoms with Gasteiger partial charge < -0.3 is 20.7 Å². The van der Waals surface area contributed by atoms with E-state index in [-0.39, 0.29) is 36.3 Å². The van der Waals surface area contributed by atoms with Crippen LogP contribution in [0.5, 0.6) is 0 Å². The van der Waals surface area contributed by atoms with Gasteiger partial charge in [0.15, 0.2) is 0 Å². The standard InChI is InChI=1S/C20H27FN4O3/c1-20(2,3)28-19(27)25-10-13-14(11-25)18(13)15(21)9-24-17(26)7-5-12-4-6-16(22)23-8-12/h4-8,13-15,18H,9-11H2,1-3H3,(H2,22,23)(H,24,26)/b7-5+/t13-,14+,15?,18+.